The first kappa shape index (κ1) is 21.3. The van der Waals surface area contributed by atoms with Crippen LogP contribution in [0.1, 0.15) is 25.7 Å². The first-order chi connectivity index (χ1) is 13.9. The molecule has 1 atom stereocenters. The zero-order valence-electron chi connectivity index (χ0n) is 16.3. The van der Waals surface area contributed by atoms with E-state index in [0.29, 0.717) is 37.4 Å². The predicted octanol–water partition coefficient (Wildman–Crippen LogP) is 3.65. The van der Waals surface area contributed by atoms with Gasteiger partial charge in [-0.15, -0.1) is 0 Å². The molecule has 3 rings (SSSR count). The van der Waals surface area contributed by atoms with Crippen molar-refractivity contribution >= 4 is 21.6 Å². The van der Waals surface area contributed by atoms with E-state index in [1.165, 1.54) is 22.5 Å². The molecule has 156 valence electrons. The van der Waals surface area contributed by atoms with Crippen molar-refractivity contribution in [3.05, 3.63) is 54.3 Å². The summed E-state index contributed by atoms with van der Waals surface area (Å²) in [5.74, 6) is 0.119. The van der Waals surface area contributed by atoms with Gasteiger partial charge in [-0.2, -0.15) is 4.31 Å². The number of halogens is 1. The van der Waals surface area contributed by atoms with Crippen LogP contribution in [0.25, 0.3) is 0 Å². The lowest BCUT2D eigenvalue weighted by Gasteiger charge is -2.32. The predicted molar refractivity (Wildman–Crippen MR) is 109 cm³/mol. The van der Waals surface area contributed by atoms with Crippen molar-refractivity contribution in [2.24, 2.45) is 5.92 Å². The van der Waals surface area contributed by atoms with Crippen molar-refractivity contribution in [2.75, 3.05) is 25.5 Å². The SMILES string of the molecule is COc1ccc(NC(=O)CCC2CCCN(S(=O)(=O)c3cccc(F)c3)C2)cc1. The first-order valence-electron chi connectivity index (χ1n) is 9.58. The van der Waals surface area contributed by atoms with E-state index < -0.39 is 15.8 Å². The molecule has 1 aliphatic rings. The van der Waals surface area contributed by atoms with E-state index in [-0.39, 0.29) is 16.7 Å². The number of piperidine rings is 1. The lowest BCUT2D eigenvalue weighted by Crippen LogP contribution is -2.40. The van der Waals surface area contributed by atoms with Gasteiger partial charge in [0.1, 0.15) is 11.6 Å². The van der Waals surface area contributed by atoms with E-state index in [4.69, 9.17) is 4.74 Å². The van der Waals surface area contributed by atoms with Crippen LogP contribution in [-0.2, 0) is 14.8 Å². The van der Waals surface area contributed by atoms with E-state index in [2.05, 4.69) is 5.32 Å². The summed E-state index contributed by atoms with van der Waals surface area (Å²) in [6, 6.07) is 12.1. The van der Waals surface area contributed by atoms with Gasteiger partial charge in [-0.25, -0.2) is 12.8 Å². The maximum absolute atomic E-state index is 13.4. The van der Waals surface area contributed by atoms with Gasteiger partial charge in [0.15, 0.2) is 0 Å². The molecule has 1 N–H and O–H groups in total. The second kappa shape index (κ2) is 9.37. The molecule has 0 spiro atoms. The highest BCUT2D eigenvalue weighted by atomic mass is 32.2. The minimum absolute atomic E-state index is 0.0320. The largest absolute Gasteiger partial charge is 0.497 e. The van der Waals surface area contributed by atoms with Crippen LogP contribution in [-0.4, -0.2) is 38.8 Å². The van der Waals surface area contributed by atoms with Crippen LogP contribution in [0.3, 0.4) is 0 Å². The number of benzene rings is 2. The molecule has 2 aromatic rings. The van der Waals surface area contributed by atoms with Crippen molar-refractivity contribution in [3.8, 4) is 5.75 Å². The maximum atomic E-state index is 13.4. The molecule has 1 unspecified atom stereocenters. The van der Waals surface area contributed by atoms with Crippen molar-refractivity contribution in [2.45, 2.75) is 30.6 Å². The van der Waals surface area contributed by atoms with Crippen molar-refractivity contribution in [1.82, 2.24) is 4.31 Å². The molecule has 0 aliphatic carbocycles. The summed E-state index contributed by atoms with van der Waals surface area (Å²) in [5, 5.41) is 2.84. The number of hydrogen-bond donors (Lipinski definition) is 1. The number of carbonyl (C=O) groups excluding carboxylic acids is 1. The molecule has 0 bridgehead atoms. The molecule has 1 heterocycles. The molecule has 1 amide bonds. The summed E-state index contributed by atoms with van der Waals surface area (Å²) >= 11 is 0. The number of nitrogens with zero attached hydrogens (tertiary/aromatic N) is 1. The fraction of sp³-hybridized carbons (Fsp3) is 0.381. The fourth-order valence-corrected chi connectivity index (χ4v) is 5.08. The second-order valence-corrected chi connectivity index (χ2v) is 9.08. The first-order valence-corrected chi connectivity index (χ1v) is 11.0. The lowest BCUT2D eigenvalue weighted by molar-refractivity contribution is -0.116. The van der Waals surface area contributed by atoms with Gasteiger partial charge >= 0.3 is 0 Å². The molecule has 0 aromatic heterocycles. The summed E-state index contributed by atoms with van der Waals surface area (Å²) in [4.78, 5) is 12.2. The Hall–Kier alpha value is -2.45. The topological polar surface area (TPSA) is 75.7 Å². The second-order valence-electron chi connectivity index (χ2n) is 7.14. The Bertz CT molecular complexity index is 947. The van der Waals surface area contributed by atoms with Crippen LogP contribution >= 0.6 is 0 Å². The Kier molecular flexibility index (Phi) is 6.87. The molecular formula is C21H25FN2O4S. The van der Waals surface area contributed by atoms with Crippen molar-refractivity contribution in [3.63, 3.8) is 0 Å². The van der Waals surface area contributed by atoms with E-state index >= 15 is 0 Å². The third-order valence-electron chi connectivity index (χ3n) is 5.07. The minimum atomic E-state index is -3.73. The molecule has 1 saturated heterocycles. The molecule has 6 nitrogen and oxygen atoms in total. The Balaban J connectivity index is 1.54. The van der Waals surface area contributed by atoms with E-state index in [0.717, 1.165) is 18.9 Å². The average molecular weight is 421 g/mol. The molecular weight excluding hydrogens is 395 g/mol. The Morgan fingerprint density at radius 1 is 1.24 bits per heavy atom. The van der Waals surface area contributed by atoms with Crippen molar-refractivity contribution < 1.29 is 22.3 Å². The Morgan fingerprint density at radius 3 is 2.69 bits per heavy atom. The summed E-state index contributed by atoms with van der Waals surface area (Å²) in [7, 11) is -2.15. The molecule has 2 aromatic carbocycles. The summed E-state index contributed by atoms with van der Waals surface area (Å²) < 4.78 is 45.5. The summed E-state index contributed by atoms with van der Waals surface area (Å²) in [6.07, 6.45) is 2.49. The smallest absolute Gasteiger partial charge is 0.243 e. The fourth-order valence-electron chi connectivity index (χ4n) is 3.49. The standard InChI is InChI=1S/C21H25FN2O4S/c1-28-19-10-8-18(9-11-19)23-21(25)12-7-16-4-3-13-24(15-16)29(26,27)20-6-2-5-17(22)14-20/h2,5-6,8-11,14,16H,3-4,7,12-13,15H2,1H3,(H,23,25). The maximum Gasteiger partial charge on any atom is 0.243 e. The highest BCUT2D eigenvalue weighted by molar-refractivity contribution is 7.89. The number of sulfonamides is 1. The van der Waals surface area contributed by atoms with Gasteiger partial charge in [-0.3, -0.25) is 4.79 Å². The zero-order chi connectivity index (χ0) is 20.9. The van der Waals surface area contributed by atoms with Crippen LogP contribution in [0.2, 0.25) is 0 Å². The average Bonchev–Trinajstić information content (AvgIpc) is 2.73. The third kappa shape index (κ3) is 5.55. The quantitative estimate of drug-likeness (QED) is 0.742. The van der Waals surface area contributed by atoms with Crippen LogP contribution in [0, 0.1) is 11.7 Å². The molecule has 29 heavy (non-hydrogen) atoms. The molecule has 1 aliphatic heterocycles. The molecule has 8 heteroatoms. The normalized spacial score (nSPS) is 17.7. The third-order valence-corrected chi connectivity index (χ3v) is 6.93. The van der Waals surface area contributed by atoms with Crippen LogP contribution in [0.4, 0.5) is 10.1 Å². The highest BCUT2D eigenvalue weighted by Crippen LogP contribution is 2.27. The summed E-state index contributed by atoms with van der Waals surface area (Å²) in [6.45, 7) is 0.752. The number of ether oxygens (including phenoxy) is 1. The van der Waals surface area contributed by atoms with Gasteiger partial charge in [0.25, 0.3) is 0 Å². The molecule has 0 radical (unpaired) electrons. The van der Waals surface area contributed by atoms with Gasteiger partial charge in [0, 0.05) is 25.2 Å². The summed E-state index contributed by atoms with van der Waals surface area (Å²) in [5.41, 5.74) is 0.690. The zero-order valence-corrected chi connectivity index (χ0v) is 17.1. The van der Waals surface area contributed by atoms with Crippen molar-refractivity contribution in [1.29, 1.82) is 0 Å². The number of hydrogen-bond acceptors (Lipinski definition) is 4. The molecule has 0 saturated carbocycles. The lowest BCUT2D eigenvalue weighted by atomic mass is 9.94. The Morgan fingerprint density at radius 2 is 2.00 bits per heavy atom. The van der Waals surface area contributed by atoms with E-state index in [9.17, 15) is 17.6 Å². The number of rotatable bonds is 7. The van der Waals surface area contributed by atoms with Gasteiger partial charge in [0.05, 0.1) is 12.0 Å². The van der Waals surface area contributed by atoms with E-state index in [1.54, 1.807) is 31.4 Å². The van der Waals surface area contributed by atoms with Gasteiger partial charge < -0.3 is 10.1 Å². The Labute approximate surface area is 170 Å². The highest BCUT2D eigenvalue weighted by Gasteiger charge is 2.30. The van der Waals surface area contributed by atoms with Gasteiger partial charge in [-0.05, 0) is 67.6 Å². The monoisotopic (exact) mass is 420 g/mol. The number of carbonyl (C=O) groups is 1. The van der Waals surface area contributed by atoms with Crippen LogP contribution in [0.15, 0.2) is 53.4 Å². The van der Waals surface area contributed by atoms with E-state index in [1.807, 2.05) is 0 Å². The minimum Gasteiger partial charge on any atom is -0.497 e. The van der Waals surface area contributed by atoms with Crippen LogP contribution in [0.5, 0.6) is 5.75 Å². The molecule has 1 fully saturated rings. The number of amides is 1. The number of anilines is 1. The number of methoxy groups -OCH3 is 1. The van der Waals surface area contributed by atoms with Gasteiger partial charge in [-0.1, -0.05) is 6.07 Å². The van der Waals surface area contributed by atoms with Gasteiger partial charge in [0.2, 0.25) is 15.9 Å². The number of nitrogens with one attached hydrogen (secondary N) is 1. The van der Waals surface area contributed by atoms with Crippen LogP contribution < -0.4 is 10.1 Å².